The summed E-state index contributed by atoms with van der Waals surface area (Å²) in [4.78, 5) is 4.67. The van der Waals surface area contributed by atoms with Gasteiger partial charge in [-0.2, -0.15) is 0 Å². The highest BCUT2D eigenvalue weighted by Gasteiger charge is 2.20. The van der Waals surface area contributed by atoms with Crippen molar-refractivity contribution < 1.29 is 4.74 Å². The second kappa shape index (κ2) is 7.14. The number of aliphatic imine (C=N–C) groups is 1. The largest absolute Gasteiger partial charge is 0.378 e. The Morgan fingerprint density at radius 2 is 2.20 bits per heavy atom. The smallest absolute Gasteiger partial charge is 0.156 e. The molecule has 2 aliphatic heterocycles. The van der Waals surface area contributed by atoms with E-state index in [1.807, 2.05) is 11.8 Å². The average Bonchev–Trinajstić information content (AvgIpc) is 3.12. The first-order valence-corrected chi connectivity index (χ1v) is 8.48. The first kappa shape index (κ1) is 14.0. The highest BCUT2D eigenvalue weighted by atomic mass is 32.2. The van der Waals surface area contributed by atoms with Crippen LogP contribution in [-0.4, -0.2) is 36.2 Å². The summed E-state index contributed by atoms with van der Waals surface area (Å²) in [5.41, 5.74) is 1.39. The van der Waals surface area contributed by atoms with Crippen molar-refractivity contribution in [2.75, 3.05) is 18.9 Å². The lowest BCUT2D eigenvalue weighted by Gasteiger charge is -2.10. The molecule has 0 amide bonds. The maximum absolute atomic E-state index is 5.62. The third kappa shape index (κ3) is 4.00. The number of benzene rings is 1. The molecule has 0 aromatic heterocycles. The van der Waals surface area contributed by atoms with Crippen LogP contribution in [0.4, 0.5) is 0 Å². The Kier molecular flexibility index (Phi) is 4.98. The van der Waals surface area contributed by atoms with Crippen LogP contribution >= 0.6 is 11.8 Å². The Morgan fingerprint density at radius 3 is 3.00 bits per heavy atom. The first-order valence-electron chi connectivity index (χ1n) is 7.49. The molecule has 0 saturated carbocycles. The second-order valence-corrected chi connectivity index (χ2v) is 6.46. The minimum atomic E-state index is 0.450. The Morgan fingerprint density at radius 1 is 1.30 bits per heavy atom. The van der Waals surface area contributed by atoms with Gasteiger partial charge in [-0.3, -0.25) is 4.99 Å². The van der Waals surface area contributed by atoms with E-state index in [2.05, 4.69) is 40.6 Å². The summed E-state index contributed by atoms with van der Waals surface area (Å²) in [5, 5.41) is 4.65. The highest BCUT2D eigenvalue weighted by molar-refractivity contribution is 8.14. The summed E-state index contributed by atoms with van der Waals surface area (Å²) < 4.78 is 5.62. The number of nitrogens with zero attached hydrogens (tertiary/aromatic N) is 1. The molecule has 1 aromatic carbocycles. The minimum absolute atomic E-state index is 0.450. The van der Waals surface area contributed by atoms with Gasteiger partial charge in [-0.15, -0.1) is 0 Å². The molecule has 3 nitrogen and oxygen atoms in total. The first-order chi connectivity index (χ1) is 9.90. The molecule has 4 heteroatoms. The fraction of sp³-hybridized carbons (Fsp3) is 0.562. The summed E-state index contributed by atoms with van der Waals surface area (Å²) >= 11 is 1.85. The molecular formula is C16H22N2OS. The fourth-order valence-electron chi connectivity index (χ4n) is 2.72. The maximum Gasteiger partial charge on any atom is 0.156 e. The molecule has 20 heavy (non-hydrogen) atoms. The number of hydrogen-bond donors (Lipinski definition) is 1. The van der Waals surface area contributed by atoms with Gasteiger partial charge >= 0.3 is 0 Å². The van der Waals surface area contributed by atoms with Gasteiger partial charge in [0.15, 0.2) is 5.17 Å². The quantitative estimate of drug-likeness (QED) is 0.905. The molecule has 2 atom stereocenters. The monoisotopic (exact) mass is 290 g/mol. The molecule has 108 valence electrons. The molecule has 2 fully saturated rings. The number of nitrogens with one attached hydrogen (secondary N) is 1. The van der Waals surface area contributed by atoms with E-state index < -0.39 is 0 Å². The van der Waals surface area contributed by atoms with Crippen molar-refractivity contribution in [3.8, 4) is 0 Å². The van der Waals surface area contributed by atoms with Crippen molar-refractivity contribution in [3.05, 3.63) is 35.9 Å². The summed E-state index contributed by atoms with van der Waals surface area (Å²) in [6.45, 7) is 1.82. The van der Waals surface area contributed by atoms with Crippen LogP contribution in [0.25, 0.3) is 0 Å². The van der Waals surface area contributed by atoms with Gasteiger partial charge in [-0.05, 0) is 31.2 Å². The van der Waals surface area contributed by atoms with Crippen LogP contribution in [0.1, 0.15) is 24.8 Å². The van der Waals surface area contributed by atoms with Crippen LogP contribution in [-0.2, 0) is 11.2 Å². The normalized spacial score (nSPS) is 27.9. The van der Waals surface area contributed by atoms with Crippen molar-refractivity contribution in [1.29, 1.82) is 0 Å². The topological polar surface area (TPSA) is 33.6 Å². The third-order valence-corrected chi connectivity index (χ3v) is 4.89. The van der Waals surface area contributed by atoms with Crippen molar-refractivity contribution in [3.63, 3.8) is 0 Å². The van der Waals surface area contributed by atoms with E-state index in [0.717, 1.165) is 36.9 Å². The zero-order valence-corrected chi connectivity index (χ0v) is 12.6. The van der Waals surface area contributed by atoms with E-state index in [4.69, 9.17) is 4.74 Å². The lowest BCUT2D eigenvalue weighted by Crippen LogP contribution is -2.29. The minimum Gasteiger partial charge on any atom is -0.378 e. The molecule has 2 unspecified atom stereocenters. The van der Waals surface area contributed by atoms with Gasteiger partial charge in [0.05, 0.1) is 6.10 Å². The number of hydrogen-bond acceptors (Lipinski definition) is 3. The molecule has 2 heterocycles. The van der Waals surface area contributed by atoms with E-state index in [-0.39, 0.29) is 0 Å². The Hall–Kier alpha value is -1.00. The van der Waals surface area contributed by atoms with E-state index in [9.17, 15) is 0 Å². The van der Waals surface area contributed by atoms with Gasteiger partial charge in [-0.1, -0.05) is 42.1 Å². The van der Waals surface area contributed by atoms with Crippen LogP contribution in [0, 0.1) is 0 Å². The van der Waals surface area contributed by atoms with Crippen molar-refractivity contribution in [1.82, 2.24) is 5.32 Å². The van der Waals surface area contributed by atoms with Crippen LogP contribution in [0.3, 0.4) is 0 Å². The van der Waals surface area contributed by atoms with Crippen LogP contribution in [0.15, 0.2) is 35.3 Å². The second-order valence-electron chi connectivity index (χ2n) is 5.45. The molecule has 3 rings (SSSR count). The Labute approximate surface area is 125 Å². The predicted molar refractivity (Wildman–Crippen MR) is 85.4 cm³/mol. The van der Waals surface area contributed by atoms with Crippen LogP contribution in [0.2, 0.25) is 0 Å². The Bertz CT molecular complexity index is 443. The van der Waals surface area contributed by atoms with E-state index in [1.165, 1.54) is 18.4 Å². The van der Waals surface area contributed by atoms with E-state index >= 15 is 0 Å². The van der Waals surface area contributed by atoms with Crippen molar-refractivity contribution >= 4 is 16.9 Å². The maximum atomic E-state index is 5.62. The van der Waals surface area contributed by atoms with Crippen LogP contribution < -0.4 is 5.32 Å². The molecular weight excluding hydrogens is 268 g/mol. The number of ether oxygens (including phenoxy) is 1. The standard InChI is InChI=1S/C16H22N2OS/c1-2-5-13(6-3-1)11-14-12-20-16(18-14)17-9-8-15-7-4-10-19-15/h1-3,5-6,14-15H,4,7-12H2,(H,17,18). The van der Waals surface area contributed by atoms with E-state index in [1.54, 1.807) is 0 Å². The zero-order valence-electron chi connectivity index (χ0n) is 11.8. The lowest BCUT2D eigenvalue weighted by atomic mass is 10.1. The van der Waals surface area contributed by atoms with Crippen molar-refractivity contribution in [2.24, 2.45) is 4.99 Å². The van der Waals surface area contributed by atoms with Gasteiger partial charge in [0.2, 0.25) is 0 Å². The van der Waals surface area contributed by atoms with Gasteiger partial charge in [-0.25, -0.2) is 0 Å². The molecule has 0 radical (unpaired) electrons. The highest BCUT2D eigenvalue weighted by Crippen LogP contribution is 2.19. The SMILES string of the molecule is c1ccc(CC2CSC(=NCCC3CCCO3)N2)cc1. The Balaban J connectivity index is 1.42. The summed E-state index contributed by atoms with van der Waals surface area (Å²) in [6, 6.07) is 11.2. The number of amidine groups is 1. The molecule has 0 spiro atoms. The molecule has 0 aliphatic carbocycles. The molecule has 0 bridgehead atoms. The van der Waals surface area contributed by atoms with Crippen LogP contribution in [0.5, 0.6) is 0 Å². The summed E-state index contributed by atoms with van der Waals surface area (Å²) in [6.07, 6.45) is 5.02. The summed E-state index contributed by atoms with van der Waals surface area (Å²) in [5.74, 6) is 1.12. The van der Waals surface area contributed by atoms with Gasteiger partial charge in [0.1, 0.15) is 0 Å². The average molecular weight is 290 g/mol. The molecule has 1 aromatic rings. The third-order valence-electron chi connectivity index (χ3n) is 3.80. The number of rotatable bonds is 5. The molecule has 1 N–H and O–H groups in total. The predicted octanol–water partition coefficient (Wildman–Crippen LogP) is 2.86. The number of thioether (sulfide) groups is 1. The molecule has 2 aliphatic rings. The van der Waals surface area contributed by atoms with Gasteiger partial charge in [0.25, 0.3) is 0 Å². The van der Waals surface area contributed by atoms with Gasteiger partial charge < -0.3 is 10.1 Å². The molecule has 2 saturated heterocycles. The fourth-order valence-corrected chi connectivity index (χ4v) is 3.71. The summed E-state index contributed by atoms with van der Waals surface area (Å²) in [7, 11) is 0. The lowest BCUT2D eigenvalue weighted by molar-refractivity contribution is 0.106. The van der Waals surface area contributed by atoms with Gasteiger partial charge in [0, 0.05) is 24.9 Å². The van der Waals surface area contributed by atoms with Crippen molar-refractivity contribution in [2.45, 2.75) is 37.8 Å². The van der Waals surface area contributed by atoms with E-state index in [0.29, 0.717) is 12.1 Å². The zero-order chi connectivity index (χ0) is 13.6.